The van der Waals surface area contributed by atoms with E-state index in [1.807, 2.05) is 24.3 Å². The van der Waals surface area contributed by atoms with Gasteiger partial charge in [0.25, 0.3) is 0 Å². The molecular weight excluding hydrogens is 1260 g/mol. The second kappa shape index (κ2) is 33.2. The van der Waals surface area contributed by atoms with Gasteiger partial charge in [-0.25, -0.2) is 0 Å². The molecule has 0 saturated carbocycles. The maximum atomic E-state index is 6.46. The van der Waals surface area contributed by atoms with Gasteiger partial charge < -0.3 is 47.4 Å². The number of alkyl halides is 8. The first-order valence-corrected chi connectivity index (χ1v) is 29.2. The van der Waals surface area contributed by atoms with Crippen molar-refractivity contribution in [2.75, 3.05) is 114 Å². The van der Waals surface area contributed by atoms with Gasteiger partial charge in [0, 0.05) is 133 Å². The van der Waals surface area contributed by atoms with Crippen molar-refractivity contribution in [3.8, 4) is 57.5 Å². The molecule has 18 heteroatoms. The third kappa shape index (κ3) is 17.6. The molecule has 5 aromatic carbocycles. The Hall–Kier alpha value is -2.82. The molecule has 390 valence electrons. The van der Waals surface area contributed by atoms with E-state index in [0.29, 0.717) is 138 Å². The molecule has 0 aliphatic heterocycles. The zero-order chi connectivity index (χ0) is 51.7. The van der Waals surface area contributed by atoms with Crippen LogP contribution in [0.5, 0.6) is 57.5 Å². The summed E-state index contributed by atoms with van der Waals surface area (Å²) in [5.41, 5.74) is 9.31. The lowest BCUT2D eigenvalue weighted by molar-refractivity contribution is 0.329. The Kier molecular flexibility index (Phi) is 28.4. The zero-order valence-corrected chi connectivity index (χ0v) is 50.3. The lowest BCUT2D eigenvalue weighted by Crippen LogP contribution is -2.08. The smallest absolute Gasteiger partial charge is 0.123 e. The van der Waals surface area contributed by atoms with Crippen molar-refractivity contribution in [2.24, 2.45) is 0 Å². The highest BCUT2D eigenvalue weighted by atomic mass is 79.9. The highest BCUT2D eigenvalue weighted by Gasteiger charge is 2.24. The highest BCUT2D eigenvalue weighted by molar-refractivity contribution is 9.09. The molecule has 0 heterocycles. The van der Waals surface area contributed by atoms with Crippen LogP contribution in [0.15, 0.2) is 60.7 Å². The van der Waals surface area contributed by atoms with Crippen LogP contribution in [0, 0.1) is 0 Å². The Balaban J connectivity index is 0.00000127. The van der Waals surface area contributed by atoms with Gasteiger partial charge in [0.05, 0.1) is 69.1 Å². The van der Waals surface area contributed by atoms with Crippen LogP contribution in [0.4, 0.5) is 0 Å². The molecule has 0 saturated heterocycles. The summed E-state index contributed by atoms with van der Waals surface area (Å²) < 4.78 is 62.4. The Morgan fingerprint density at radius 3 is 0.549 bits per heavy atom. The van der Waals surface area contributed by atoms with Gasteiger partial charge in [-0.1, -0.05) is 63.7 Å². The van der Waals surface area contributed by atoms with Crippen molar-refractivity contribution in [3.05, 3.63) is 116 Å². The minimum Gasteiger partial charge on any atom is -0.496 e. The van der Waals surface area contributed by atoms with Crippen LogP contribution in [-0.4, -0.2) is 114 Å². The monoisotopic (exact) mass is 1310 g/mol. The number of hydrogen-bond donors (Lipinski definition) is 0. The lowest BCUT2D eigenvalue weighted by atomic mass is 9.94. The van der Waals surface area contributed by atoms with E-state index >= 15 is 0 Å². The molecule has 10 aliphatic carbocycles. The van der Waals surface area contributed by atoms with E-state index in [2.05, 4.69) is 100 Å². The van der Waals surface area contributed by atoms with Gasteiger partial charge in [-0.3, -0.25) is 0 Å². The minimum absolute atomic E-state index is 0.466. The molecule has 15 rings (SSSR count). The molecule has 0 amide bonds. The molecule has 0 N–H and O–H groups in total. The number of hydrogen-bond acceptors (Lipinski definition) is 10. The van der Waals surface area contributed by atoms with Crippen molar-refractivity contribution in [1.82, 2.24) is 0 Å². The summed E-state index contributed by atoms with van der Waals surface area (Å²) in [5, 5.41) is 2.64. The van der Waals surface area contributed by atoms with Crippen molar-refractivity contribution < 1.29 is 47.4 Å². The topological polar surface area (TPSA) is 92.3 Å². The van der Waals surface area contributed by atoms with E-state index in [4.69, 9.17) is 93.8 Å². The van der Waals surface area contributed by atoms with Gasteiger partial charge in [-0.15, -0.1) is 46.4 Å². The van der Waals surface area contributed by atoms with E-state index in [9.17, 15) is 0 Å². The number of methoxy groups -OCH3 is 6. The molecule has 5 aromatic rings. The zero-order valence-electron chi connectivity index (χ0n) is 40.9. The maximum absolute atomic E-state index is 6.46. The van der Waals surface area contributed by atoms with E-state index in [1.54, 1.807) is 42.7 Å². The van der Waals surface area contributed by atoms with E-state index in [1.165, 1.54) is 0 Å². The Morgan fingerprint density at radius 1 is 0.282 bits per heavy atom. The summed E-state index contributed by atoms with van der Waals surface area (Å²) in [4.78, 5) is 0. The third-order valence-electron chi connectivity index (χ3n) is 10.9. The number of ether oxygens (including phenoxy) is 10. The number of halogens is 8. The predicted molar refractivity (Wildman–Crippen MR) is 306 cm³/mol. The van der Waals surface area contributed by atoms with Crippen LogP contribution >= 0.6 is 110 Å². The molecule has 71 heavy (non-hydrogen) atoms. The lowest BCUT2D eigenvalue weighted by Gasteiger charge is -2.21. The SMILES string of the molecule is COc1cc2c(OC)cc1Cc1cc(OC)c(cc1OC)Cc1cc(OCCBr)c(cc1OCCBr)Cc1cc(OC)c(cc1OC)Cc1cc(OCCBr)c(cc1OCCBr)C2.ClCCCl.ClCCCl. The first kappa shape index (κ1) is 60.7. The van der Waals surface area contributed by atoms with Gasteiger partial charge >= 0.3 is 0 Å². The fourth-order valence-electron chi connectivity index (χ4n) is 7.90. The van der Waals surface area contributed by atoms with Crippen LogP contribution in [0.25, 0.3) is 0 Å². The Labute approximate surface area is 473 Å². The molecule has 0 atom stereocenters. The Bertz CT molecular complexity index is 2260. The molecule has 0 fully saturated rings. The average molecular weight is 1320 g/mol. The van der Waals surface area contributed by atoms with Crippen LogP contribution in [-0.2, 0) is 32.1 Å². The van der Waals surface area contributed by atoms with Crippen LogP contribution in [0.3, 0.4) is 0 Å². The summed E-state index contributed by atoms with van der Waals surface area (Å²) in [6, 6.07) is 20.6. The standard InChI is InChI=1S/C49H54Br4O10.2C2H4Cl2/c1-54-40-22-32-16-36-26-48(62-13-9-52)38(28-46(36)60-11-7-50)18-34-24-45(59-6)35(25-44(34)58-5)19-39-29-47(61-12-8-51)37(27-49(39)63-14-10-53)17-33-23-41(55-2)31(21-43(33)57-4)15-30(40)20-42(32)56-3;2*3-1-2-4/h20-29H,7-19H2,1-6H3;2*1-2H2. The average Bonchev–Trinajstić information content (AvgIpc) is 3.40. The molecule has 10 bridgehead atoms. The molecule has 0 unspecified atom stereocenters. The van der Waals surface area contributed by atoms with Crippen LogP contribution in [0.2, 0.25) is 0 Å². The van der Waals surface area contributed by atoms with Crippen molar-refractivity contribution in [2.45, 2.75) is 32.1 Å². The maximum Gasteiger partial charge on any atom is 0.123 e. The highest BCUT2D eigenvalue weighted by Crippen LogP contribution is 2.42. The fourth-order valence-corrected chi connectivity index (χ4v) is 8.55. The first-order chi connectivity index (χ1) is 34.6. The third-order valence-corrected chi connectivity index (χ3v) is 13.4. The second-order valence-corrected chi connectivity index (χ2v) is 20.0. The first-order valence-electron chi connectivity index (χ1n) is 22.6. The fraction of sp³-hybridized carbons (Fsp3) is 0.434. The molecule has 10 nitrogen and oxygen atoms in total. The second-order valence-electron chi connectivity index (χ2n) is 15.4. The van der Waals surface area contributed by atoms with Crippen LogP contribution < -0.4 is 47.4 Å². The molecule has 0 aromatic heterocycles. The summed E-state index contributed by atoms with van der Waals surface area (Å²) >= 11 is 34.5. The van der Waals surface area contributed by atoms with Crippen molar-refractivity contribution in [3.63, 3.8) is 0 Å². The van der Waals surface area contributed by atoms with Crippen LogP contribution in [0.1, 0.15) is 55.6 Å². The van der Waals surface area contributed by atoms with E-state index in [0.717, 1.165) is 78.6 Å². The summed E-state index contributed by atoms with van der Waals surface area (Å²) in [6.45, 7) is 1.87. The molecule has 10 aliphatic rings. The molecule has 0 radical (unpaired) electrons. The normalized spacial score (nSPS) is 11.6. The van der Waals surface area contributed by atoms with E-state index in [-0.39, 0.29) is 0 Å². The van der Waals surface area contributed by atoms with Crippen molar-refractivity contribution in [1.29, 1.82) is 0 Å². The Morgan fingerprint density at radius 2 is 0.423 bits per heavy atom. The minimum atomic E-state index is 0.466. The van der Waals surface area contributed by atoms with Gasteiger partial charge in [0.1, 0.15) is 57.5 Å². The largest absolute Gasteiger partial charge is 0.496 e. The number of rotatable bonds is 20. The van der Waals surface area contributed by atoms with Gasteiger partial charge in [-0.2, -0.15) is 0 Å². The van der Waals surface area contributed by atoms with Crippen molar-refractivity contribution >= 4 is 110 Å². The number of benzene rings is 5. The molecule has 0 spiro atoms. The molecular formula is C53H62Br4Cl4O10. The van der Waals surface area contributed by atoms with E-state index < -0.39 is 0 Å². The van der Waals surface area contributed by atoms with Gasteiger partial charge in [0.2, 0.25) is 0 Å². The summed E-state index contributed by atoms with van der Waals surface area (Å²) in [7, 11) is 10.1. The van der Waals surface area contributed by atoms with Gasteiger partial charge in [0.15, 0.2) is 0 Å². The summed E-state index contributed by atoms with van der Waals surface area (Å²) in [5.74, 6) is 9.47. The predicted octanol–water partition coefficient (Wildman–Crippen LogP) is 14.0. The summed E-state index contributed by atoms with van der Waals surface area (Å²) in [6.07, 6.45) is 2.44. The quantitative estimate of drug-likeness (QED) is 0.0688. The van der Waals surface area contributed by atoms with Gasteiger partial charge in [-0.05, 0) is 60.7 Å².